The van der Waals surface area contributed by atoms with Gasteiger partial charge >= 0.3 is 0 Å². The van der Waals surface area contributed by atoms with Crippen molar-refractivity contribution in [1.82, 2.24) is 5.32 Å². The summed E-state index contributed by atoms with van der Waals surface area (Å²) >= 11 is 0. The van der Waals surface area contributed by atoms with Crippen molar-refractivity contribution in [3.05, 3.63) is 29.8 Å². The van der Waals surface area contributed by atoms with Crippen LogP contribution in [0.15, 0.2) is 24.3 Å². The van der Waals surface area contributed by atoms with Crippen molar-refractivity contribution in [2.45, 2.75) is 57.2 Å². The van der Waals surface area contributed by atoms with Crippen LogP contribution in [-0.4, -0.2) is 24.7 Å². The Labute approximate surface area is 121 Å². The lowest BCUT2D eigenvalue weighted by molar-refractivity contribution is 0.357. The van der Waals surface area contributed by atoms with Crippen molar-refractivity contribution < 1.29 is 0 Å². The minimum Gasteiger partial charge on any atom is -0.365 e. The zero-order valence-electron chi connectivity index (χ0n) is 12.2. The van der Waals surface area contributed by atoms with Gasteiger partial charge in [-0.15, -0.1) is 0 Å². The van der Waals surface area contributed by atoms with Gasteiger partial charge in [-0.25, -0.2) is 0 Å². The Balaban J connectivity index is 1.71. The lowest BCUT2D eigenvalue weighted by Crippen LogP contribution is -2.49. The van der Waals surface area contributed by atoms with E-state index in [9.17, 15) is 0 Å². The van der Waals surface area contributed by atoms with Crippen molar-refractivity contribution in [1.29, 1.82) is 5.26 Å². The van der Waals surface area contributed by atoms with E-state index in [1.54, 1.807) is 0 Å². The summed E-state index contributed by atoms with van der Waals surface area (Å²) in [5, 5.41) is 12.6. The average molecular weight is 269 g/mol. The summed E-state index contributed by atoms with van der Waals surface area (Å²) in [6, 6.07) is 12.4. The van der Waals surface area contributed by atoms with Crippen molar-refractivity contribution in [3.63, 3.8) is 0 Å². The highest BCUT2D eigenvalue weighted by molar-refractivity contribution is 5.53. The van der Waals surface area contributed by atoms with Crippen LogP contribution >= 0.6 is 0 Å². The second-order valence-corrected chi connectivity index (χ2v) is 6.07. The number of fused-ring (bicyclic) bond motifs is 2. The number of rotatable bonds is 4. The Morgan fingerprint density at radius 2 is 1.85 bits per heavy atom. The van der Waals surface area contributed by atoms with E-state index in [1.807, 2.05) is 12.1 Å². The second kappa shape index (κ2) is 5.85. The van der Waals surface area contributed by atoms with Crippen LogP contribution in [0.3, 0.4) is 0 Å². The molecule has 3 rings (SSSR count). The van der Waals surface area contributed by atoms with E-state index in [2.05, 4.69) is 35.3 Å². The number of nitrogens with one attached hydrogen (secondary N) is 1. The lowest BCUT2D eigenvalue weighted by atomic mass is 9.96. The molecule has 2 atom stereocenters. The van der Waals surface area contributed by atoms with E-state index in [0.717, 1.165) is 12.1 Å². The molecule has 1 N–H and O–H groups in total. The predicted octanol–water partition coefficient (Wildman–Crippen LogP) is 3.06. The van der Waals surface area contributed by atoms with Gasteiger partial charge in [0.15, 0.2) is 0 Å². The Kier molecular flexibility index (Phi) is 3.93. The van der Waals surface area contributed by atoms with Crippen molar-refractivity contribution in [3.8, 4) is 6.07 Å². The molecule has 3 heteroatoms. The molecule has 2 bridgehead atoms. The van der Waals surface area contributed by atoms with E-state index in [-0.39, 0.29) is 0 Å². The van der Waals surface area contributed by atoms with Crippen LogP contribution in [0.4, 0.5) is 5.69 Å². The smallest absolute Gasteiger partial charge is 0.0991 e. The summed E-state index contributed by atoms with van der Waals surface area (Å²) in [7, 11) is 0. The summed E-state index contributed by atoms with van der Waals surface area (Å²) in [4.78, 5) is 2.60. The van der Waals surface area contributed by atoms with Crippen LogP contribution in [0.25, 0.3) is 0 Å². The second-order valence-electron chi connectivity index (χ2n) is 6.07. The van der Waals surface area contributed by atoms with Gasteiger partial charge in [0.05, 0.1) is 11.6 Å². The van der Waals surface area contributed by atoms with Crippen LogP contribution in [-0.2, 0) is 0 Å². The zero-order chi connectivity index (χ0) is 13.9. The zero-order valence-corrected chi connectivity index (χ0v) is 12.2. The predicted molar refractivity (Wildman–Crippen MR) is 81.8 cm³/mol. The van der Waals surface area contributed by atoms with Gasteiger partial charge in [0, 0.05) is 23.8 Å². The quantitative estimate of drug-likeness (QED) is 0.913. The molecule has 20 heavy (non-hydrogen) atoms. The van der Waals surface area contributed by atoms with Gasteiger partial charge < -0.3 is 10.2 Å². The molecule has 2 fully saturated rings. The summed E-state index contributed by atoms with van der Waals surface area (Å²) in [6.07, 6.45) is 6.36. The molecule has 2 saturated heterocycles. The maximum atomic E-state index is 8.90. The number of nitriles is 1. The third-order valence-corrected chi connectivity index (χ3v) is 4.71. The maximum Gasteiger partial charge on any atom is 0.0991 e. The molecule has 0 radical (unpaired) electrons. The van der Waals surface area contributed by atoms with Crippen molar-refractivity contribution in [2.24, 2.45) is 0 Å². The lowest BCUT2D eigenvalue weighted by Gasteiger charge is -2.41. The topological polar surface area (TPSA) is 39.1 Å². The molecule has 1 aromatic rings. The van der Waals surface area contributed by atoms with E-state index in [1.165, 1.54) is 37.8 Å². The maximum absolute atomic E-state index is 8.90. The number of anilines is 1. The molecule has 0 aliphatic carbocycles. The molecular formula is C17H23N3. The molecule has 2 aliphatic rings. The fourth-order valence-corrected chi connectivity index (χ4v) is 3.82. The van der Waals surface area contributed by atoms with Gasteiger partial charge in [-0.2, -0.15) is 5.26 Å². The van der Waals surface area contributed by atoms with Crippen LogP contribution < -0.4 is 10.2 Å². The third kappa shape index (κ3) is 2.53. The van der Waals surface area contributed by atoms with E-state index >= 15 is 0 Å². The van der Waals surface area contributed by atoms with Gasteiger partial charge in [-0.1, -0.05) is 6.92 Å². The highest BCUT2D eigenvalue weighted by Crippen LogP contribution is 2.39. The molecule has 0 spiro atoms. The molecule has 2 unspecified atom stereocenters. The Hall–Kier alpha value is -1.53. The molecule has 0 aromatic heterocycles. The van der Waals surface area contributed by atoms with Gasteiger partial charge in [-0.3, -0.25) is 0 Å². The highest BCUT2D eigenvalue weighted by atomic mass is 15.2. The SMILES string of the molecule is CCCNC1CC2CCC(C1)N2c1ccc(C#N)cc1. The van der Waals surface area contributed by atoms with Crippen molar-refractivity contribution >= 4 is 5.69 Å². The molecule has 0 amide bonds. The van der Waals surface area contributed by atoms with Crippen LogP contribution in [0.2, 0.25) is 0 Å². The molecule has 0 saturated carbocycles. The number of hydrogen-bond acceptors (Lipinski definition) is 3. The Bertz CT molecular complexity index is 474. The number of nitrogens with zero attached hydrogens (tertiary/aromatic N) is 2. The molecular weight excluding hydrogens is 246 g/mol. The molecule has 3 nitrogen and oxygen atoms in total. The summed E-state index contributed by atoms with van der Waals surface area (Å²) < 4.78 is 0. The number of hydrogen-bond donors (Lipinski definition) is 1. The van der Waals surface area contributed by atoms with E-state index in [4.69, 9.17) is 5.26 Å². The van der Waals surface area contributed by atoms with E-state index in [0.29, 0.717) is 18.1 Å². The summed E-state index contributed by atoms with van der Waals surface area (Å²) in [6.45, 7) is 3.37. The fraction of sp³-hybridized carbons (Fsp3) is 0.588. The van der Waals surface area contributed by atoms with E-state index < -0.39 is 0 Å². The fourth-order valence-electron chi connectivity index (χ4n) is 3.82. The van der Waals surface area contributed by atoms with Crippen molar-refractivity contribution in [2.75, 3.05) is 11.4 Å². The minimum atomic E-state index is 0.677. The first-order valence-corrected chi connectivity index (χ1v) is 7.83. The first-order valence-electron chi connectivity index (χ1n) is 7.83. The molecule has 2 aliphatic heterocycles. The largest absolute Gasteiger partial charge is 0.365 e. The molecule has 1 aromatic carbocycles. The summed E-state index contributed by atoms with van der Waals surface area (Å²) in [5.74, 6) is 0. The first kappa shape index (κ1) is 13.5. The van der Waals surface area contributed by atoms with Crippen LogP contribution in [0.1, 0.15) is 44.6 Å². The number of benzene rings is 1. The van der Waals surface area contributed by atoms with Crippen LogP contribution in [0, 0.1) is 11.3 Å². The summed E-state index contributed by atoms with van der Waals surface area (Å²) in [5.41, 5.74) is 2.05. The average Bonchev–Trinajstić information content (AvgIpc) is 2.76. The third-order valence-electron chi connectivity index (χ3n) is 4.71. The first-order chi connectivity index (χ1) is 9.81. The monoisotopic (exact) mass is 269 g/mol. The standard InChI is InChI=1S/C17H23N3/c1-2-9-19-14-10-16-7-8-17(11-14)20(16)15-5-3-13(12-18)4-6-15/h3-6,14,16-17,19H,2,7-11H2,1H3. The van der Waals surface area contributed by atoms with Gasteiger partial charge in [0.1, 0.15) is 0 Å². The normalized spacial score (nSPS) is 28.4. The van der Waals surface area contributed by atoms with Gasteiger partial charge in [-0.05, 0) is 62.9 Å². The van der Waals surface area contributed by atoms with Gasteiger partial charge in [0.2, 0.25) is 0 Å². The van der Waals surface area contributed by atoms with Gasteiger partial charge in [0.25, 0.3) is 0 Å². The van der Waals surface area contributed by atoms with Crippen LogP contribution in [0.5, 0.6) is 0 Å². The molecule has 2 heterocycles. The number of piperidine rings is 1. The molecule has 106 valence electrons. The Morgan fingerprint density at radius 1 is 1.20 bits per heavy atom. The minimum absolute atomic E-state index is 0.677. The highest BCUT2D eigenvalue weighted by Gasteiger charge is 2.40. The Morgan fingerprint density at radius 3 is 2.40 bits per heavy atom.